The van der Waals surface area contributed by atoms with Gasteiger partial charge in [0.15, 0.2) is 4.34 Å². The summed E-state index contributed by atoms with van der Waals surface area (Å²) in [5.41, 5.74) is -0.0907. The molecular weight excluding hydrogens is 282 g/mol. The molecule has 17 heavy (non-hydrogen) atoms. The van der Waals surface area contributed by atoms with Crippen LogP contribution in [0.25, 0.3) is 0 Å². The first-order chi connectivity index (χ1) is 8.08. The molecule has 0 aliphatic carbocycles. The van der Waals surface area contributed by atoms with Gasteiger partial charge < -0.3 is 0 Å². The molecule has 0 bridgehead atoms. The van der Waals surface area contributed by atoms with Crippen molar-refractivity contribution in [3.05, 3.63) is 39.2 Å². The lowest BCUT2D eigenvalue weighted by Crippen LogP contribution is -1.91. The van der Waals surface area contributed by atoms with Crippen LogP contribution < -0.4 is 0 Å². The van der Waals surface area contributed by atoms with Crippen molar-refractivity contribution in [2.75, 3.05) is 0 Å². The zero-order valence-corrected chi connectivity index (χ0v) is 11.0. The Balaban J connectivity index is 2.39. The molecular formula is C9H6ClN3O2S2. The van der Waals surface area contributed by atoms with Crippen LogP contribution in [0.4, 0.5) is 5.69 Å². The van der Waals surface area contributed by atoms with Gasteiger partial charge in [-0.3, -0.25) is 10.1 Å². The number of rotatable bonds is 3. The Morgan fingerprint density at radius 3 is 2.88 bits per heavy atom. The number of nitrogens with zero attached hydrogens (tertiary/aromatic N) is 3. The van der Waals surface area contributed by atoms with Crippen molar-refractivity contribution in [1.29, 1.82) is 0 Å². The van der Waals surface area contributed by atoms with Gasteiger partial charge in [0.05, 0.1) is 9.82 Å². The molecule has 0 radical (unpaired) electrons. The van der Waals surface area contributed by atoms with E-state index in [1.54, 1.807) is 19.1 Å². The largest absolute Gasteiger partial charge is 0.301 e. The molecule has 0 amide bonds. The van der Waals surface area contributed by atoms with Crippen molar-refractivity contribution in [3.63, 3.8) is 0 Å². The smallest absolute Gasteiger partial charge is 0.258 e. The monoisotopic (exact) mass is 287 g/mol. The van der Waals surface area contributed by atoms with Gasteiger partial charge in [0.25, 0.3) is 0 Å². The van der Waals surface area contributed by atoms with Crippen LogP contribution >= 0.6 is 34.9 Å². The van der Waals surface area contributed by atoms with E-state index in [1.807, 2.05) is 0 Å². The Bertz CT molecular complexity index is 573. The molecule has 0 N–H and O–H groups in total. The van der Waals surface area contributed by atoms with Crippen molar-refractivity contribution in [2.45, 2.75) is 16.2 Å². The lowest BCUT2D eigenvalue weighted by molar-refractivity contribution is -0.387. The molecule has 1 aromatic heterocycles. The third-order valence-electron chi connectivity index (χ3n) is 1.84. The number of nitro groups is 1. The summed E-state index contributed by atoms with van der Waals surface area (Å²) in [4.78, 5) is 15.0. The fourth-order valence-electron chi connectivity index (χ4n) is 1.17. The number of hydrogen-bond acceptors (Lipinski definition) is 6. The molecule has 0 spiro atoms. The number of aryl methyl sites for hydroxylation is 1. The molecule has 88 valence electrons. The van der Waals surface area contributed by atoms with Crippen LogP contribution in [0.2, 0.25) is 5.02 Å². The van der Waals surface area contributed by atoms with Gasteiger partial charge in [0, 0.05) is 0 Å². The Kier molecular flexibility index (Phi) is 3.60. The Morgan fingerprint density at radius 2 is 2.29 bits per heavy atom. The van der Waals surface area contributed by atoms with Crippen molar-refractivity contribution in [3.8, 4) is 0 Å². The van der Waals surface area contributed by atoms with E-state index in [2.05, 4.69) is 9.36 Å². The van der Waals surface area contributed by atoms with Gasteiger partial charge in [-0.1, -0.05) is 29.4 Å². The maximum Gasteiger partial charge on any atom is 0.301 e. The highest BCUT2D eigenvalue weighted by atomic mass is 35.5. The Morgan fingerprint density at radius 1 is 1.53 bits per heavy atom. The highest BCUT2D eigenvalue weighted by Gasteiger charge is 2.20. The van der Waals surface area contributed by atoms with Crippen LogP contribution in [-0.4, -0.2) is 14.3 Å². The summed E-state index contributed by atoms with van der Waals surface area (Å²) in [5, 5.41) is 11.0. The molecule has 0 aliphatic heterocycles. The molecule has 1 aromatic carbocycles. The second kappa shape index (κ2) is 4.99. The maximum atomic E-state index is 10.9. The third kappa shape index (κ3) is 2.74. The van der Waals surface area contributed by atoms with E-state index >= 15 is 0 Å². The predicted octanol–water partition coefficient (Wildman–Crippen LogP) is 3.56. The molecule has 5 nitrogen and oxygen atoms in total. The highest BCUT2D eigenvalue weighted by Crippen LogP contribution is 2.39. The van der Waals surface area contributed by atoms with Crippen LogP contribution in [0.1, 0.15) is 5.82 Å². The van der Waals surface area contributed by atoms with E-state index in [1.165, 1.54) is 29.4 Å². The average molecular weight is 288 g/mol. The molecule has 0 saturated carbocycles. The van der Waals surface area contributed by atoms with E-state index in [-0.39, 0.29) is 10.7 Å². The quantitative estimate of drug-likeness (QED) is 0.638. The molecule has 2 rings (SSSR count). The third-order valence-corrected chi connectivity index (χ3v) is 4.04. The summed E-state index contributed by atoms with van der Waals surface area (Å²) < 4.78 is 4.68. The van der Waals surface area contributed by atoms with Crippen molar-refractivity contribution >= 4 is 40.6 Å². The number of halogens is 1. The van der Waals surface area contributed by atoms with Crippen molar-refractivity contribution in [2.24, 2.45) is 0 Å². The van der Waals surface area contributed by atoms with Gasteiger partial charge in [-0.25, -0.2) is 4.98 Å². The first kappa shape index (κ1) is 12.3. The lowest BCUT2D eigenvalue weighted by atomic mass is 10.3. The molecule has 0 unspecified atom stereocenters. The summed E-state index contributed by atoms with van der Waals surface area (Å²) in [6.07, 6.45) is 0. The minimum absolute atomic E-state index is 0.0907. The standard InChI is InChI=1S/C9H6ClN3O2S2/c1-5-11-9(17-12-5)16-7-4-2-3-6(10)8(7)13(14)15/h2-4H,1H3. The molecule has 0 aliphatic rings. The van der Waals surface area contributed by atoms with Gasteiger partial charge in [0.2, 0.25) is 0 Å². The first-order valence-corrected chi connectivity index (χ1v) is 6.46. The van der Waals surface area contributed by atoms with Crippen LogP contribution in [0.5, 0.6) is 0 Å². The van der Waals surface area contributed by atoms with Crippen LogP contribution in [0.15, 0.2) is 27.4 Å². The minimum Gasteiger partial charge on any atom is -0.258 e. The Labute approximate surface area is 110 Å². The van der Waals surface area contributed by atoms with E-state index in [9.17, 15) is 10.1 Å². The molecule has 2 aromatic rings. The van der Waals surface area contributed by atoms with E-state index < -0.39 is 4.92 Å². The minimum atomic E-state index is -0.488. The summed E-state index contributed by atoms with van der Waals surface area (Å²) in [6.45, 7) is 1.77. The van der Waals surface area contributed by atoms with Crippen LogP contribution in [0.3, 0.4) is 0 Å². The topological polar surface area (TPSA) is 68.9 Å². The van der Waals surface area contributed by atoms with Crippen LogP contribution in [-0.2, 0) is 0 Å². The van der Waals surface area contributed by atoms with Crippen molar-refractivity contribution in [1.82, 2.24) is 9.36 Å². The lowest BCUT2D eigenvalue weighted by Gasteiger charge is -2.00. The molecule has 0 saturated heterocycles. The summed E-state index contributed by atoms with van der Waals surface area (Å²) in [6, 6.07) is 4.81. The van der Waals surface area contributed by atoms with Gasteiger partial charge in [-0.15, -0.1) is 0 Å². The zero-order chi connectivity index (χ0) is 12.4. The molecule has 8 heteroatoms. The summed E-state index contributed by atoms with van der Waals surface area (Å²) >= 11 is 8.21. The second-order valence-corrected chi connectivity index (χ2v) is 5.50. The SMILES string of the molecule is Cc1nsc(Sc2cccc(Cl)c2[N+](=O)[O-])n1. The van der Waals surface area contributed by atoms with Gasteiger partial charge in [0.1, 0.15) is 10.8 Å². The Hall–Kier alpha value is -1.18. The van der Waals surface area contributed by atoms with Crippen molar-refractivity contribution < 1.29 is 4.92 Å². The number of para-hydroxylation sites is 1. The molecule has 0 fully saturated rings. The van der Waals surface area contributed by atoms with Crippen LogP contribution in [0, 0.1) is 17.0 Å². The predicted molar refractivity (Wildman–Crippen MR) is 66.9 cm³/mol. The van der Waals surface area contributed by atoms with Gasteiger partial charge in [-0.2, -0.15) is 4.37 Å². The van der Waals surface area contributed by atoms with Gasteiger partial charge >= 0.3 is 5.69 Å². The fourth-order valence-corrected chi connectivity index (χ4v) is 3.22. The summed E-state index contributed by atoms with van der Waals surface area (Å²) in [5.74, 6) is 0.655. The van der Waals surface area contributed by atoms with Gasteiger partial charge in [-0.05, 0) is 30.6 Å². The number of benzene rings is 1. The van der Waals surface area contributed by atoms with E-state index in [0.29, 0.717) is 15.1 Å². The normalized spacial score (nSPS) is 10.5. The fraction of sp³-hybridized carbons (Fsp3) is 0.111. The molecule has 0 atom stereocenters. The van der Waals surface area contributed by atoms with E-state index in [4.69, 9.17) is 11.6 Å². The highest BCUT2D eigenvalue weighted by molar-refractivity contribution is 8.01. The second-order valence-electron chi connectivity index (χ2n) is 3.05. The number of hydrogen-bond donors (Lipinski definition) is 0. The molecule has 1 heterocycles. The first-order valence-electron chi connectivity index (χ1n) is 4.49. The average Bonchev–Trinajstić information content (AvgIpc) is 2.63. The zero-order valence-electron chi connectivity index (χ0n) is 8.58. The van der Waals surface area contributed by atoms with E-state index in [0.717, 1.165) is 0 Å². The summed E-state index contributed by atoms with van der Waals surface area (Å²) in [7, 11) is 0. The maximum absolute atomic E-state index is 10.9. The number of nitro benzene ring substituents is 1. The number of aromatic nitrogens is 2.